The first-order valence-corrected chi connectivity index (χ1v) is 17.3. The van der Waals surface area contributed by atoms with Crippen LogP contribution in [-0.4, -0.2) is 9.97 Å². The number of furan rings is 1. The van der Waals surface area contributed by atoms with E-state index < -0.39 is 40.2 Å². The summed E-state index contributed by atoms with van der Waals surface area (Å²) in [5.41, 5.74) is 4.41. The smallest absolute Gasteiger partial charge is 0.120 e. The summed E-state index contributed by atoms with van der Waals surface area (Å²) in [6, 6.07) is 35.9. The SMILES string of the molecule is [2H]C([2H])([2H])c1c[c-]c(-c2ccc(C([2H])([2H])[2H])cn2)cc1.[2H]C([2H])([2H])c1cc(-c2cc(-c3[c-]ccc4c3oc3ccccc34)ncc2C([2H])([2H])[2H])c(C([2H])([2H])[2H])cc1-c1ccc(C2([2H])CCCC2)cc1.[Ir]. The zero-order chi connectivity index (χ0) is 49.9. The Bertz CT molecular complexity index is 3090. The third-order valence-electron chi connectivity index (χ3n) is 9.61. The van der Waals surface area contributed by atoms with Crippen LogP contribution in [-0.2, 0) is 20.1 Å². The van der Waals surface area contributed by atoms with E-state index in [1.165, 1.54) is 48.8 Å². The zero-order valence-corrected chi connectivity index (χ0v) is 31.4. The quantitative estimate of drug-likeness (QED) is 0.162. The molecule has 5 aromatic carbocycles. The van der Waals surface area contributed by atoms with Gasteiger partial charge in [-0.25, -0.2) is 0 Å². The van der Waals surface area contributed by atoms with Crippen molar-refractivity contribution in [2.75, 3.05) is 0 Å². The van der Waals surface area contributed by atoms with Crippen LogP contribution in [0, 0.1) is 46.4 Å². The van der Waals surface area contributed by atoms with Crippen LogP contribution in [0.15, 0.2) is 126 Å². The summed E-state index contributed by atoms with van der Waals surface area (Å²) in [6.45, 7) is -12.5. The van der Waals surface area contributed by atoms with E-state index in [0.29, 0.717) is 33.6 Å². The number of aromatic nitrogens is 2. The van der Waals surface area contributed by atoms with Gasteiger partial charge < -0.3 is 14.4 Å². The molecular formula is C50H44IrN2O-2. The van der Waals surface area contributed by atoms with Crippen LogP contribution in [0.2, 0.25) is 0 Å². The van der Waals surface area contributed by atoms with Crippen molar-refractivity contribution in [3.63, 3.8) is 0 Å². The number of benzene rings is 5. The number of hydrogen-bond acceptors (Lipinski definition) is 3. The van der Waals surface area contributed by atoms with Gasteiger partial charge in [0.15, 0.2) is 0 Å². The van der Waals surface area contributed by atoms with Crippen LogP contribution in [0.1, 0.15) is 86.9 Å². The summed E-state index contributed by atoms with van der Waals surface area (Å²) in [7, 11) is 0. The minimum atomic E-state index is -2.74. The van der Waals surface area contributed by atoms with Gasteiger partial charge in [0.2, 0.25) is 0 Å². The van der Waals surface area contributed by atoms with Gasteiger partial charge in [-0.2, -0.15) is 0 Å². The van der Waals surface area contributed by atoms with Crippen LogP contribution < -0.4 is 0 Å². The molecule has 9 rings (SSSR count). The zero-order valence-electron chi connectivity index (χ0n) is 45.0. The van der Waals surface area contributed by atoms with Crippen molar-refractivity contribution in [2.45, 2.75) is 65.8 Å². The third-order valence-corrected chi connectivity index (χ3v) is 9.61. The summed E-state index contributed by atoms with van der Waals surface area (Å²) in [5.74, 6) is -0.700. The molecule has 271 valence electrons. The number of fused-ring (bicyclic) bond motifs is 3. The molecule has 1 aliphatic rings. The summed E-state index contributed by atoms with van der Waals surface area (Å²) in [4.78, 5) is 8.55. The molecule has 1 radical (unpaired) electrons. The molecule has 3 aromatic heterocycles. The molecule has 3 nitrogen and oxygen atoms in total. The normalized spacial score (nSPS) is 18.9. The molecule has 0 atom stereocenters. The maximum atomic E-state index is 8.88. The average molecular weight is 897 g/mol. The second-order valence-electron chi connectivity index (χ2n) is 13.1. The molecule has 1 fully saturated rings. The monoisotopic (exact) mass is 897 g/mol. The van der Waals surface area contributed by atoms with E-state index in [0.717, 1.165) is 42.0 Å². The Labute approximate surface area is 355 Å². The number of hydrogen-bond donors (Lipinski definition) is 0. The van der Waals surface area contributed by atoms with E-state index in [1.54, 1.807) is 30.3 Å². The van der Waals surface area contributed by atoms with Gasteiger partial charge in [-0.05, 0) is 114 Å². The second-order valence-corrected chi connectivity index (χ2v) is 13.1. The minimum Gasteiger partial charge on any atom is -0.501 e. The molecule has 0 saturated heterocycles. The minimum absolute atomic E-state index is 0. The first-order valence-electron chi connectivity index (χ1n) is 25.3. The molecule has 8 aromatic rings. The topological polar surface area (TPSA) is 38.9 Å². The molecule has 0 amide bonds. The fourth-order valence-electron chi connectivity index (χ4n) is 6.87. The first-order chi connectivity index (χ1) is 32.2. The number of nitrogens with zero attached hydrogens (tertiary/aromatic N) is 2. The Morgan fingerprint density at radius 1 is 0.667 bits per heavy atom. The number of rotatable bonds is 5. The van der Waals surface area contributed by atoms with Gasteiger partial charge in [0, 0.05) is 59.8 Å². The van der Waals surface area contributed by atoms with Crippen LogP contribution >= 0.6 is 0 Å². The number of para-hydroxylation sites is 1. The molecule has 0 unspecified atom stereocenters. The molecule has 0 bridgehead atoms. The first kappa shape index (κ1) is 22.3. The Morgan fingerprint density at radius 3 is 2.15 bits per heavy atom. The summed E-state index contributed by atoms with van der Waals surface area (Å²) < 4.78 is 135. The van der Waals surface area contributed by atoms with Gasteiger partial charge in [0.05, 0.1) is 5.58 Å². The molecule has 4 heteroatoms. The van der Waals surface area contributed by atoms with E-state index in [4.69, 9.17) is 26.3 Å². The second kappa shape index (κ2) is 16.1. The summed E-state index contributed by atoms with van der Waals surface area (Å²) in [6.07, 6.45) is 5.92. The van der Waals surface area contributed by atoms with E-state index in [-0.39, 0.29) is 70.3 Å². The molecule has 1 saturated carbocycles. The Morgan fingerprint density at radius 2 is 1.41 bits per heavy atom. The van der Waals surface area contributed by atoms with Crippen molar-refractivity contribution in [3.8, 4) is 44.8 Å². The van der Waals surface area contributed by atoms with Crippen LogP contribution in [0.25, 0.3) is 66.7 Å². The van der Waals surface area contributed by atoms with Crippen LogP contribution in [0.5, 0.6) is 0 Å². The molecule has 1 aliphatic carbocycles. The Balaban J connectivity index is 0.000000289. The fourth-order valence-corrected chi connectivity index (χ4v) is 6.87. The molecule has 54 heavy (non-hydrogen) atoms. The molecular weight excluding hydrogens is 837 g/mol. The predicted octanol–water partition coefficient (Wildman–Crippen LogP) is 13.5. The van der Waals surface area contributed by atoms with Crippen molar-refractivity contribution in [1.29, 1.82) is 0 Å². The van der Waals surface area contributed by atoms with Crippen molar-refractivity contribution >= 4 is 21.9 Å². The van der Waals surface area contributed by atoms with Crippen molar-refractivity contribution in [2.24, 2.45) is 0 Å². The van der Waals surface area contributed by atoms with Gasteiger partial charge in [-0.3, -0.25) is 0 Å². The Hall–Kier alpha value is -5.15. The molecule has 0 spiro atoms. The third kappa shape index (κ3) is 7.60. The number of aryl methyl sites for hydroxylation is 5. The van der Waals surface area contributed by atoms with Gasteiger partial charge in [-0.15, -0.1) is 53.6 Å². The van der Waals surface area contributed by atoms with Gasteiger partial charge in [0.1, 0.15) is 5.58 Å². The van der Waals surface area contributed by atoms with Gasteiger partial charge in [0.25, 0.3) is 0 Å². The van der Waals surface area contributed by atoms with E-state index in [1.807, 2.05) is 42.5 Å². The van der Waals surface area contributed by atoms with E-state index >= 15 is 0 Å². The predicted molar refractivity (Wildman–Crippen MR) is 220 cm³/mol. The van der Waals surface area contributed by atoms with Crippen molar-refractivity contribution in [1.82, 2.24) is 9.97 Å². The molecule has 0 aliphatic heterocycles. The number of pyridine rings is 2. The maximum Gasteiger partial charge on any atom is 0.120 e. The van der Waals surface area contributed by atoms with Crippen molar-refractivity contribution in [3.05, 3.63) is 167 Å². The van der Waals surface area contributed by atoms with E-state index in [2.05, 4.69) is 22.1 Å². The van der Waals surface area contributed by atoms with Crippen molar-refractivity contribution < 1.29 is 46.5 Å². The standard InChI is InChI=1S/C37H32NO.C13H12N.Ir/c1-23-20-33(24(2)19-32(23)28-17-15-27(16-18-28)26-9-4-5-10-26)34-21-35(38-22-25(34)3)31-13-8-12-30-29-11-6-7-14-36(29)39-37(30)31;1-10-3-6-12(7-4-10)13-8-5-11(2)9-14-13;/h6-8,11-12,14-22,26H,4-5,9-10H2,1-3H3;3-6,8-9H,1-2H3;/q2*-1;/i1D3,2D3,3D3,26D;1D3,2D3;. The van der Waals surface area contributed by atoms with Gasteiger partial charge >= 0.3 is 0 Å². The van der Waals surface area contributed by atoms with E-state index in [9.17, 15) is 0 Å². The van der Waals surface area contributed by atoms with Gasteiger partial charge in [-0.1, -0.05) is 103 Å². The molecule has 0 N–H and O–H groups in total. The van der Waals surface area contributed by atoms with Crippen LogP contribution in [0.4, 0.5) is 0 Å². The maximum absolute atomic E-state index is 8.88. The largest absolute Gasteiger partial charge is 0.501 e. The van der Waals surface area contributed by atoms with Crippen LogP contribution in [0.3, 0.4) is 0 Å². The fraction of sp³-hybridized carbons (Fsp3) is 0.200. The average Bonchev–Trinajstić information content (AvgIpc) is 3.92. The Kier molecular flexibility index (Phi) is 6.63. The summed E-state index contributed by atoms with van der Waals surface area (Å²) >= 11 is 0. The molecule has 3 heterocycles. The summed E-state index contributed by atoms with van der Waals surface area (Å²) in [5, 5.41) is 1.68.